The van der Waals surface area contributed by atoms with E-state index in [1.165, 1.54) is 0 Å². The Kier molecular flexibility index (Phi) is 32.0. The molecule has 0 atom stereocenters. The van der Waals surface area contributed by atoms with Gasteiger partial charge in [-0.05, 0) is 62.3 Å². The van der Waals surface area contributed by atoms with Crippen molar-refractivity contribution in [1.29, 1.82) is 0 Å². The molecule has 2 amide bonds. The first-order valence-corrected chi connectivity index (χ1v) is 25.9. The molecule has 4 fully saturated rings. The molecule has 0 radical (unpaired) electrons. The van der Waals surface area contributed by atoms with Crippen molar-refractivity contribution >= 4 is 35.7 Å². The van der Waals surface area contributed by atoms with Crippen LogP contribution in [0.25, 0.3) is 0 Å². The molecule has 0 aromatic heterocycles. The van der Waals surface area contributed by atoms with Crippen LogP contribution in [0.3, 0.4) is 0 Å². The molecule has 0 aromatic rings. The standard InChI is InChI=1S/C32H55N5O10.2C8H20N4/c1-30(2,3)44-26(40)20-33-12-14-34(21-27(41)45-31(4,5)6)16-18-36(23-29(43)47-37-24(38)10-11-25(37)39)19-17-35(15-13-33)22-28(42)46-32(7,8)9;2*1-2-10-5-6-12-8-7-11-4-3-9-1/h10-23H2,1-9H3;2*9-12H,1-8H2. The van der Waals surface area contributed by atoms with E-state index < -0.39 is 46.5 Å². The second-order valence-corrected chi connectivity index (χ2v) is 20.9. The van der Waals surface area contributed by atoms with Gasteiger partial charge in [0.15, 0.2) is 0 Å². The van der Waals surface area contributed by atoms with Crippen LogP contribution >= 0.6 is 0 Å². The highest BCUT2D eigenvalue weighted by atomic mass is 16.7. The Labute approximate surface area is 424 Å². The Morgan fingerprint density at radius 2 is 0.535 bits per heavy atom. The van der Waals surface area contributed by atoms with Crippen LogP contribution in [0.15, 0.2) is 0 Å². The summed E-state index contributed by atoms with van der Waals surface area (Å²) >= 11 is 0. The zero-order valence-corrected chi connectivity index (χ0v) is 45.0. The molecule has 0 spiro atoms. The minimum absolute atomic E-state index is 0.0139. The van der Waals surface area contributed by atoms with Crippen molar-refractivity contribution in [2.75, 3.05) is 183 Å². The lowest BCUT2D eigenvalue weighted by molar-refractivity contribution is -0.198. The van der Waals surface area contributed by atoms with Crippen molar-refractivity contribution in [2.24, 2.45) is 0 Å². The monoisotopic (exact) mass is 1010 g/mol. The quantitative estimate of drug-likeness (QED) is 0.0679. The Morgan fingerprint density at radius 1 is 0.352 bits per heavy atom. The van der Waals surface area contributed by atoms with Crippen molar-refractivity contribution in [3.8, 4) is 0 Å². The van der Waals surface area contributed by atoms with Crippen LogP contribution in [0.5, 0.6) is 0 Å². The van der Waals surface area contributed by atoms with E-state index in [1.54, 1.807) is 67.2 Å². The number of ether oxygens (including phenoxy) is 3. The first-order chi connectivity index (χ1) is 33.6. The van der Waals surface area contributed by atoms with Crippen LogP contribution in [-0.2, 0) is 47.8 Å². The van der Waals surface area contributed by atoms with E-state index in [9.17, 15) is 28.8 Å². The van der Waals surface area contributed by atoms with E-state index in [1.807, 2.05) is 14.7 Å². The topological polar surface area (TPSA) is 252 Å². The Bertz CT molecular complexity index is 1370. The van der Waals surface area contributed by atoms with E-state index in [-0.39, 0.29) is 45.0 Å². The van der Waals surface area contributed by atoms with Crippen LogP contribution < -0.4 is 42.5 Å². The molecule has 412 valence electrons. The van der Waals surface area contributed by atoms with Gasteiger partial charge < -0.3 is 61.6 Å². The van der Waals surface area contributed by atoms with E-state index in [0.717, 1.165) is 105 Å². The summed E-state index contributed by atoms with van der Waals surface area (Å²) < 4.78 is 16.7. The number of esters is 3. The molecule has 8 N–H and O–H groups in total. The summed E-state index contributed by atoms with van der Waals surface area (Å²) in [6.07, 6.45) is -0.0277. The first kappa shape index (κ1) is 63.7. The number of carbonyl (C=O) groups is 6. The third kappa shape index (κ3) is 35.4. The fourth-order valence-corrected chi connectivity index (χ4v) is 7.27. The third-order valence-electron chi connectivity index (χ3n) is 10.6. The van der Waals surface area contributed by atoms with E-state index >= 15 is 0 Å². The van der Waals surface area contributed by atoms with Crippen LogP contribution in [0, 0.1) is 0 Å². The van der Waals surface area contributed by atoms with Gasteiger partial charge in [-0.25, -0.2) is 4.79 Å². The van der Waals surface area contributed by atoms with E-state index in [2.05, 4.69) is 42.5 Å². The highest BCUT2D eigenvalue weighted by Crippen LogP contribution is 2.14. The number of hydrogen-bond donors (Lipinski definition) is 8. The van der Waals surface area contributed by atoms with Crippen molar-refractivity contribution in [3.63, 3.8) is 0 Å². The Hall–Kier alpha value is -3.46. The average molecular weight is 1010 g/mol. The predicted octanol–water partition coefficient (Wildman–Crippen LogP) is -2.44. The van der Waals surface area contributed by atoms with Gasteiger partial charge in [0, 0.05) is 170 Å². The fraction of sp³-hybridized carbons (Fsp3) is 0.875. The predicted molar refractivity (Wildman–Crippen MR) is 273 cm³/mol. The highest BCUT2D eigenvalue weighted by Gasteiger charge is 2.34. The van der Waals surface area contributed by atoms with Gasteiger partial charge >= 0.3 is 23.9 Å². The molecule has 4 aliphatic heterocycles. The molecule has 0 aromatic carbocycles. The molecule has 0 bridgehead atoms. The smallest absolute Gasteiger partial charge is 0.347 e. The first-order valence-electron chi connectivity index (χ1n) is 25.9. The molecule has 4 rings (SSSR count). The Balaban J connectivity index is 0.000000578. The second kappa shape index (κ2) is 35.7. The van der Waals surface area contributed by atoms with Gasteiger partial charge in [-0.2, -0.15) is 0 Å². The van der Waals surface area contributed by atoms with Crippen LogP contribution in [-0.4, -0.2) is 260 Å². The number of nitrogens with zero attached hydrogens (tertiary/aromatic N) is 5. The van der Waals surface area contributed by atoms with E-state index in [4.69, 9.17) is 19.0 Å². The lowest BCUT2D eigenvalue weighted by Gasteiger charge is -2.34. The molecule has 71 heavy (non-hydrogen) atoms. The maximum absolute atomic E-state index is 12.9. The number of hydroxylamine groups is 2. The van der Waals surface area contributed by atoms with Gasteiger partial charge in [0.25, 0.3) is 11.8 Å². The van der Waals surface area contributed by atoms with Gasteiger partial charge in [-0.3, -0.25) is 43.6 Å². The van der Waals surface area contributed by atoms with Gasteiger partial charge in [0.2, 0.25) is 0 Å². The van der Waals surface area contributed by atoms with Gasteiger partial charge in [-0.15, -0.1) is 5.06 Å². The van der Waals surface area contributed by atoms with Crippen LogP contribution in [0.2, 0.25) is 0 Å². The molecule has 0 aliphatic carbocycles. The van der Waals surface area contributed by atoms with Crippen molar-refractivity contribution < 1.29 is 47.8 Å². The maximum Gasteiger partial charge on any atom is 0.347 e. The van der Waals surface area contributed by atoms with Crippen molar-refractivity contribution in [3.05, 3.63) is 0 Å². The minimum Gasteiger partial charge on any atom is -0.459 e. The van der Waals surface area contributed by atoms with Crippen molar-refractivity contribution in [1.82, 2.24) is 67.2 Å². The number of hydrogen-bond acceptors (Lipinski definition) is 22. The molecular weight excluding hydrogens is 919 g/mol. The summed E-state index contributed by atoms with van der Waals surface area (Å²) in [5.41, 5.74) is -2.01. The number of carbonyl (C=O) groups excluding carboxylic acids is 6. The molecule has 4 saturated heterocycles. The lowest BCUT2D eigenvalue weighted by Crippen LogP contribution is -2.50. The van der Waals surface area contributed by atoms with Crippen molar-refractivity contribution in [2.45, 2.75) is 92.0 Å². The normalized spacial score (nSPS) is 20.8. The summed E-state index contributed by atoms with van der Waals surface area (Å²) in [6.45, 7) is 35.9. The van der Waals surface area contributed by atoms with Gasteiger partial charge in [-0.1, -0.05) is 0 Å². The number of rotatable bonds is 9. The summed E-state index contributed by atoms with van der Waals surface area (Å²) in [5, 5.41) is 27.4. The zero-order chi connectivity index (χ0) is 52.5. The molecule has 0 unspecified atom stereocenters. The number of nitrogens with one attached hydrogen (secondary N) is 8. The zero-order valence-electron chi connectivity index (χ0n) is 45.0. The van der Waals surface area contributed by atoms with Gasteiger partial charge in [0.1, 0.15) is 16.8 Å². The SMILES string of the molecule is C1CNCCNCCNCCN1.C1CNCCNCCNCCN1.CC(C)(C)OC(=O)CN1CCN(CC(=O)ON2C(=O)CCC2=O)CCN(CC(=O)OC(C)(C)C)CCN(CC(=O)OC(C)(C)C)CC1. The summed E-state index contributed by atoms with van der Waals surface area (Å²) in [4.78, 5) is 87.9. The van der Waals surface area contributed by atoms with E-state index in [0.29, 0.717) is 57.4 Å². The van der Waals surface area contributed by atoms with Crippen LogP contribution in [0.1, 0.15) is 75.2 Å². The fourth-order valence-electron chi connectivity index (χ4n) is 7.27. The molecule has 23 nitrogen and oxygen atoms in total. The molecule has 0 saturated carbocycles. The average Bonchev–Trinajstić information content (AvgIpc) is 3.55. The minimum atomic E-state index is -0.776. The molecular formula is C48H95N13O10. The summed E-state index contributed by atoms with van der Waals surface area (Å²) in [7, 11) is 0. The molecule has 4 heterocycles. The summed E-state index contributed by atoms with van der Waals surface area (Å²) in [5.74, 6) is -3.13. The second-order valence-electron chi connectivity index (χ2n) is 20.9. The van der Waals surface area contributed by atoms with Gasteiger partial charge in [0.05, 0.1) is 26.2 Å². The molecule has 4 aliphatic rings. The lowest BCUT2D eigenvalue weighted by atomic mass is 10.2. The Morgan fingerprint density at radius 3 is 0.718 bits per heavy atom. The molecule has 23 heteroatoms. The largest absolute Gasteiger partial charge is 0.459 e. The highest BCUT2D eigenvalue weighted by molar-refractivity contribution is 6.01. The maximum atomic E-state index is 12.9. The third-order valence-corrected chi connectivity index (χ3v) is 10.6. The number of imide groups is 1. The summed E-state index contributed by atoms with van der Waals surface area (Å²) in [6, 6.07) is 0. The number of amides is 2. The van der Waals surface area contributed by atoms with Crippen LogP contribution in [0.4, 0.5) is 0 Å².